The largest absolute Gasteiger partial charge is 0.496 e. The Morgan fingerprint density at radius 2 is 2.00 bits per heavy atom. The summed E-state index contributed by atoms with van der Waals surface area (Å²) in [7, 11) is 3.32. The number of nitrogen functional groups attached to an aromatic ring is 1. The Balaban J connectivity index is 1.78. The van der Waals surface area contributed by atoms with Gasteiger partial charge in [-0.25, -0.2) is 0 Å². The number of nitrogens with one attached hydrogen (secondary N) is 3. The van der Waals surface area contributed by atoms with Crippen LogP contribution >= 0.6 is 0 Å². The number of carbonyl (C=O) groups excluding carboxylic acids is 2. The third-order valence-electron chi connectivity index (χ3n) is 6.63. The summed E-state index contributed by atoms with van der Waals surface area (Å²) in [6, 6.07) is 16.2. The molecule has 182 valence electrons. The highest BCUT2D eigenvalue weighted by Crippen LogP contribution is 2.34. The van der Waals surface area contributed by atoms with Gasteiger partial charge in [0.2, 0.25) is 11.8 Å². The van der Waals surface area contributed by atoms with E-state index in [4.69, 9.17) is 15.9 Å². The summed E-state index contributed by atoms with van der Waals surface area (Å²) in [5.74, 6) is 0.282. The van der Waals surface area contributed by atoms with Gasteiger partial charge in [-0.15, -0.1) is 0 Å². The number of anilines is 1. The number of likely N-dealkylation sites (N-methyl/N-ethyl adjacent to an activating group) is 1. The van der Waals surface area contributed by atoms with Gasteiger partial charge in [0.05, 0.1) is 19.7 Å². The van der Waals surface area contributed by atoms with Crippen molar-refractivity contribution in [2.75, 3.05) is 19.1 Å². The normalized spacial score (nSPS) is 16.4. The van der Waals surface area contributed by atoms with Crippen molar-refractivity contribution in [1.29, 1.82) is 5.41 Å². The molecule has 8 nitrogen and oxygen atoms in total. The second kappa shape index (κ2) is 10.1. The Morgan fingerprint density at radius 1 is 1.23 bits per heavy atom. The van der Waals surface area contributed by atoms with Crippen LogP contribution in [0.4, 0.5) is 5.69 Å². The summed E-state index contributed by atoms with van der Waals surface area (Å²) < 4.78 is 5.68. The molecular formula is C27H31N5O3. The van der Waals surface area contributed by atoms with E-state index in [1.54, 1.807) is 32.0 Å². The molecule has 0 fully saturated rings. The van der Waals surface area contributed by atoms with Gasteiger partial charge in [-0.2, -0.15) is 0 Å². The third-order valence-corrected chi connectivity index (χ3v) is 6.63. The maximum atomic E-state index is 13.8. The van der Waals surface area contributed by atoms with E-state index in [0.29, 0.717) is 24.2 Å². The smallest absolute Gasteiger partial charge is 0.249 e. The molecule has 0 bridgehead atoms. The van der Waals surface area contributed by atoms with Gasteiger partial charge in [0.15, 0.2) is 0 Å². The number of hydrogen-bond donors (Lipinski definition) is 4. The Labute approximate surface area is 205 Å². The summed E-state index contributed by atoms with van der Waals surface area (Å²) >= 11 is 0. The fourth-order valence-electron chi connectivity index (χ4n) is 4.49. The highest BCUT2D eigenvalue weighted by atomic mass is 16.5. The van der Waals surface area contributed by atoms with Crippen molar-refractivity contribution in [2.45, 2.75) is 38.4 Å². The summed E-state index contributed by atoms with van der Waals surface area (Å²) in [6.45, 7) is 2.03. The van der Waals surface area contributed by atoms with Crippen molar-refractivity contribution in [3.63, 3.8) is 0 Å². The van der Waals surface area contributed by atoms with Crippen molar-refractivity contribution in [3.8, 4) is 5.75 Å². The molecule has 8 heteroatoms. The molecule has 3 aromatic rings. The average Bonchev–Trinajstić information content (AvgIpc) is 3.00. The number of fused-ring (bicyclic) bond motifs is 2. The standard InChI is InChI=1S/C27H31N5O3/c1-16(30-2)26(33)31-22-12-9-17-6-4-5-7-23(17)32(27(22)34)15-21-20-11-8-19(25(28)29)14-18(20)10-13-24(21)35-3/h4-8,10-11,13-14,16,22,30H,9,12,15H2,1-3H3,(H3,28,29)(H,31,33)/t16-,22?/m0/s1. The quantitative estimate of drug-likeness (QED) is 0.311. The molecule has 2 amide bonds. The van der Waals surface area contributed by atoms with Gasteiger partial charge in [0.25, 0.3) is 0 Å². The first-order valence-corrected chi connectivity index (χ1v) is 11.6. The van der Waals surface area contributed by atoms with Crippen molar-refractivity contribution < 1.29 is 14.3 Å². The lowest BCUT2D eigenvalue weighted by Gasteiger charge is -2.28. The van der Waals surface area contributed by atoms with Crippen molar-refractivity contribution in [1.82, 2.24) is 10.6 Å². The average molecular weight is 474 g/mol. The number of nitrogens with zero attached hydrogens (tertiary/aromatic N) is 1. The minimum atomic E-state index is -0.643. The van der Waals surface area contributed by atoms with Gasteiger partial charge < -0.3 is 26.0 Å². The molecule has 35 heavy (non-hydrogen) atoms. The van der Waals surface area contributed by atoms with E-state index in [9.17, 15) is 9.59 Å². The van der Waals surface area contributed by atoms with Gasteiger partial charge in [0, 0.05) is 16.8 Å². The van der Waals surface area contributed by atoms with Crippen LogP contribution in [0.2, 0.25) is 0 Å². The predicted molar refractivity (Wildman–Crippen MR) is 138 cm³/mol. The number of ether oxygens (including phenoxy) is 1. The van der Waals surface area contributed by atoms with E-state index in [1.165, 1.54) is 0 Å². The molecule has 1 aliphatic heterocycles. The predicted octanol–water partition coefficient (Wildman–Crippen LogP) is 2.70. The number of rotatable bonds is 7. The first-order chi connectivity index (χ1) is 16.8. The Bertz CT molecular complexity index is 1290. The molecule has 0 aromatic heterocycles. The second-order valence-electron chi connectivity index (χ2n) is 8.76. The second-order valence-corrected chi connectivity index (χ2v) is 8.76. The molecule has 0 radical (unpaired) electrons. The Morgan fingerprint density at radius 3 is 2.71 bits per heavy atom. The minimum absolute atomic E-state index is 0.00438. The SMILES string of the molecule is CN[C@@H](C)C(=O)NC1CCc2ccccc2N(Cc2c(OC)ccc3cc(C(=N)N)ccc23)C1=O. The van der Waals surface area contributed by atoms with Crippen LogP contribution in [-0.2, 0) is 22.6 Å². The molecule has 2 atom stereocenters. The molecule has 1 aliphatic rings. The molecule has 0 spiro atoms. The number of nitrogens with two attached hydrogens (primary N) is 1. The summed E-state index contributed by atoms with van der Waals surface area (Å²) in [5.41, 5.74) is 9.05. The van der Waals surface area contributed by atoms with Gasteiger partial charge in [-0.05, 0) is 61.3 Å². The van der Waals surface area contributed by atoms with Gasteiger partial charge in [-0.1, -0.05) is 36.4 Å². The first kappa shape index (κ1) is 24.2. The van der Waals surface area contributed by atoms with E-state index in [2.05, 4.69) is 10.6 Å². The third kappa shape index (κ3) is 4.83. The number of benzene rings is 3. The van der Waals surface area contributed by atoms with E-state index in [1.807, 2.05) is 48.5 Å². The number of amides is 2. The number of hydrogen-bond acceptors (Lipinski definition) is 5. The zero-order chi connectivity index (χ0) is 25.1. The lowest BCUT2D eigenvalue weighted by Crippen LogP contribution is -2.52. The summed E-state index contributed by atoms with van der Waals surface area (Å²) in [6.07, 6.45) is 1.19. The van der Waals surface area contributed by atoms with Crippen LogP contribution in [0.3, 0.4) is 0 Å². The summed E-state index contributed by atoms with van der Waals surface area (Å²) in [5, 5.41) is 15.4. The fraction of sp³-hybridized carbons (Fsp3) is 0.296. The molecule has 4 rings (SSSR count). The lowest BCUT2D eigenvalue weighted by atomic mass is 9.99. The number of para-hydroxylation sites is 1. The van der Waals surface area contributed by atoms with E-state index >= 15 is 0 Å². The van der Waals surface area contributed by atoms with Crippen molar-refractivity contribution >= 4 is 34.1 Å². The highest BCUT2D eigenvalue weighted by Gasteiger charge is 2.33. The van der Waals surface area contributed by atoms with Gasteiger partial charge >= 0.3 is 0 Å². The number of carbonyl (C=O) groups is 2. The molecule has 0 saturated heterocycles. The maximum Gasteiger partial charge on any atom is 0.249 e. The van der Waals surface area contributed by atoms with Gasteiger partial charge in [-0.3, -0.25) is 15.0 Å². The van der Waals surface area contributed by atoms with Crippen LogP contribution in [0.1, 0.15) is 30.0 Å². The minimum Gasteiger partial charge on any atom is -0.496 e. The Hall–Kier alpha value is -3.91. The number of amidine groups is 1. The van der Waals surface area contributed by atoms with Crippen molar-refractivity contribution in [3.05, 3.63) is 71.3 Å². The van der Waals surface area contributed by atoms with Crippen LogP contribution in [0.5, 0.6) is 5.75 Å². The van der Waals surface area contributed by atoms with Crippen LogP contribution in [0.25, 0.3) is 10.8 Å². The molecular weight excluding hydrogens is 442 g/mol. The molecule has 0 aliphatic carbocycles. The highest BCUT2D eigenvalue weighted by molar-refractivity contribution is 6.03. The topological polar surface area (TPSA) is 121 Å². The molecule has 5 N–H and O–H groups in total. The molecule has 1 unspecified atom stereocenters. The number of aryl methyl sites for hydroxylation is 1. The maximum absolute atomic E-state index is 13.8. The first-order valence-electron chi connectivity index (χ1n) is 11.6. The fourth-order valence-corrected chi connectivity index (χ4v) is 4.49. The van der Waals surface area contributed by atoms with Crippen LogP contribution in [-0.4, -0.2) is 43.9 Å². The zero-order valence-corrected chi connectivity index (χ0v) is 20.2. The van der Waals surface area contributed by atoms with E-state index in [0.717, 1.165) is 27.6 Å². The van der Waals surface area contributed by atoms with Crippen LogP contribution in [0.15, 0.2) is 54.6 Å². The molecule has 1 heterocycles. The van der Waals surface area contributed by atoms with Crippen LogP contribution < -0.4 is 26.0 Å². The van der Waals surface area contributed by atoms with Gasteiger partial charge in [0.1, 0.15) is 17.6 Å². The summed E-state index contributed by atoms with van der Waals surface area (Å²) in [4.78, 5) is 28.2. The molecule has 0 saturated carbocycles. The van der Waals surface area contributed by atoms with Crippen LogP contribution in [0, 0.1) is 5.41 Å². The van der Waals surface area contributed by atoms with E-state index < -0.39 is 12.1 Å². The number of methoxy groups -OCH3 is 1. The molecule has 3 aromatic carbocycles. The van der Waals surface area contributed by atoms with Crippen molar-refractivity contribution in [2.24, 2.45) is 5.73 Å². The Kier molecular flexibility index (Phi) is 7.02. The van der Waals surface area contributed by atoms with E-state index in [-0.39, 0.29) is 24.2 Å². The monoisotopic (exact) mass is 473 g/mol. The zero-order valence-electron chi connectivity index (χ0n) is 20.2. The lowest BCUT2D eigenvalue weighted by molar-refractivity contribution is -0.128.